The van der Waals surface area contributed by atoms with Gasteiger partial charge in [0.25, 0.3) is 0 Å². The Bertz CT molecular complexity index is 1560. The van der Waals surface area contributed by atoms with Gasteiger partial charge in [-0.3, -0.25) is 0 Å². The molecule has 2 heteroatoms. The van der Waals surface area contributed by atoms with Gasteiger partial charge in [-0.1, -0.05) is 94.8 Å². The lowest BCUT2D eigenvalue weighted by Crippen LogP contribution is -1.92. The molecular formula is C30H20BrN. The molecule has 0 saturated carbocycles. The van der Waals surface area contributed by atoms with Gasteiger partial charge in [0.1, 0.15) is 0 Å². The van der Waals surface area contributed by atoms with Crippen LogP contribution in [0.5, 0.6) is 0 Å². The van der Waals surface area contributed by atoms with Crippen LogP contribution in [0.4, 0.5) is 0 Å². The summed E-state index contributed by atoms with van der Waals surface area (Å²) in [5.41, 5.74) is 8.54. The third-order valence-corrected chi connectivity index (χ3v) is 6.56. The SMILES string of the molecule is Brc1cccc(-c2ccc(-c3ccc4c(c3)c3ccccc3n4-c3ccccc3)cc2)c1. The van der Waals surface area contributed by atoms with Crippen LogP contribution in [0.2, 0.25) is 0 Å². The molecule has 0 fully saturated rings. The van der Waals surface area contributed by atoms with Crippen molar-refractivity contribution in [2.75, 3.05) is 0 Å². The largest absolute Gasteiger partial charge is 0.309 e. The van der Waals surface area contributed by atoms with E-state index >= 15 is 0 Å². The van der Waals surface area contributed by atoms with Crippen molar-refractivity contribution in [2.45, 2.75) is 0 Å². The molecule has 0 radical (unpaired) electrons. The molecular weight excluding hydrogens is 454 g/mol. The van der Waals surface area contributed by atoms with Crippen LogP contribution in [-0.2, 0) is 0 Å². The van der Waals surface area contributed by atoms with Crippen molar-refractivity contribution in [1.82, 2.24) is 4.57 Å². The zero-order chi connectivity index (χ0) is 21.5. The zero-order valence-electron chi connectivity index (χ0n) is 17.4. The normalized spacial score (nSPS) is 11.3. The first-order valence-corrected chi connectivity index (χ1v) is 11.5. The number of hydrogen-bond acceptors (Lipinski definition) is 0. The van der Waals surface area contributed by atoms with Gasteiger partial charge in [0.05, 0.1) is 11.0 Å². The maximum atomic E-state index is 3.57. The summed E-state index contributed by atoms with van der Waals surface area (Å²) < 4.78 is 3.45. The fourth-order valence-corrected chi connectivity index (χ4v) is 4.93. The van der Waals surface area contributed by atoms with E-state index in [1.165, 1.54) is 49.7 Å². The Labute approximate surface area is 195 Å². The molecule has 6 rings (SSSR count). The fraction of sp³-hybridized carbons (Fsp3) is 0. The highest BCUT2D eigenvalue weighted by molar-refractivity contribution is 9.10. The van der Waals surface area contributed by atoms with E-state index in [9.17, 15) is 0 Å². The molecule has 0 unspecified atom stereocenters. The highest BCUT2D eigenvalue weighted by atomic mass is 79.9. The molecule has 0 aliphatic heterocycles. The summed E-state index contributed by atoms with van der Waals surface area (Å²) in [6.45, 7) is 0. The predicted octanol–water partition coefficient (Wildman–Crippen LogP) is 8.88. The van der Waals surface area contributed by atoms with Crippen LogP contribution in [0.1, 0.15) is 0 Å². The van der Waals surface area contributed by atoms with Gasteiger partial charge in [0.2, 0.25) is 0 Å². The standard InChI is InChI=1S/C30H20BrN/c31-25-8-6-7-23(19-25)21-13-15-22(16-14-21)24-17-18-30-28(20-24)27-11-4-5-12-29(27)32(30)26-9-2-1-3-10-26/h1-20H. The van der Waals surface area contributed by atoms with E-state index in [-0.39, 0.29) is 0 Å². The van der Waals surface area contributed by atoms with Crippen molar-refractivity contribution in [3.8, 4) is 27.9 Å². The number of hydrogen-bond donors (Lipinski definition) is 0. The van der Waals surface area contributed by atoms with Crippen LogP contribution < -0.4 is 0 Å². The molecule has 32 heavy (non-hydrogen) atoms. The van der Waals surface area contributed by atoms with E-state index in [4.69, 9.17) is 0 Å². The predicted molar refractivity (Wildman–Crippen MR) is 139 cm³/mol. The molecule has 0 aliphatic carbocycles. The Morgan fingerprint density at radius 2 is 1.06 bits per heavy atom. The maximum absolute atomic E-state index is 3.57. The van der Waals surface area contributed by atoms with E-state index in [2.05, 4.69) is 142 Å². The molecule has 1 aromatic heterocycles. The number of aromatic nitrogens is 1. The zero-order valence-corrected chi connectivity index (χ0v) is 19.0. The molecule has 0 saturated heterocycles. The topological polar surface area (TPSA) is 4.93 Å². The Morgan fingerprint density at radius 3 is 1.81 bits per heavy atom. The number of fused-ring (bicyclic) bond motifs is 3. The first-order chi connectivity index (χ1) is 15.8. The van der Waals surface area contributed by atoms with Crippen molar-refractivity contribution in [1.29, 1.82) is 0 Å². The van der Waals surface area contributed by atoms with E-state index in [0.29, 0.717) is 0 Å². The molecule has 152 valence electrons. The Hall–Kier alpha value is -3.62. The van der Waals surface area contributed by atoms with Gasteiger partial charge in [-0.05, 0) is 64.7 Å². The third kappa shape index (κ3) is 3.24. The van der Waals surface area contributed by atoms with Crippen molar-refractivity contribution < 1.29 is 0 Å². The van der Waals surface area contributed by atoms with Crippen LogP contribution in [0.3, 0.4) is 0 Å². The van der Waals surface area contributed by atoms with Crippen LogP contribution in [0.15, 0.2) is 126 Å². The van der Waals surface area contributed by atoms with E-state index in [1.807, 2.05) is 0 Å². The quantitative estimate of drug-likeness (QED) is 0.241. The summed E-state index contributed by atoms with van der Waals surface area (Å²) in [4.78, 5) is 0. The van der Waals surface area contributed by atoms with Crippen LogP contribution in [0, 0.1) is 0 Å². The summed E-state index contributed by atoms with van der Waals surface area (Å²) in [5, 5.41) is 2.55. The third-order valence-electron chi connectivity index (χ3n) is 6.06. The second-order valence-electron chi connectivity index (χ2n) is 8.01. The summed E-state index contributed by atoms with van der Waals surface area (Å²) in [6, 6.07) is 43.3. The number of nitrogens with zero attached hydrogens (tertiary/aromatic N) is 1. The molecule has 6 aromatic rings. The minimum absolute atomic E-state index is 1.10. The molecule has 1 nitrogen and oxygen atoms in total. The lowest BCUT2D eigenvalue weighted by atomic mass is 9.99. The van der Waals surface area contributed by atoms with Crippen molar-refractivity contribution in [3.05, 3.63) is 126 Å². The lowest BCUT2D eigenvalue weighted by molar-refractivity contribution is 1.18. The lowest BCUT2D eigenvalue weighted by Gasteiger charge is -2.08. The first kappa shape index (κ1) is 19.1. The summed E-state index contributed by atoms with van der Waals surface area (Å²) >= 11 is 3.57. The molecule has 0 atom stereocenters. The average Bonchev–Trinajstić information content (AvgIpc) is 3.18. The van der Waals surface area contributed by atoms with Gasteiger partial charge in [-0.25, -0.2) is 0 Å². The van der Waals surface area contributed by atoms with Crippen LogP contribution in [-0.4, -0.2) is 4.57 Å². The minimum atomic E-state index is 1.10. The maximum Gasteiger partial charge on any atom is 0.0541 e. The van der Waals surface area contributed by atoms with Crippen LogP contribution in [0.25, 0.3) is 49.7 Å². The van der Waals surface area contributed by atoms with Gasteiger partial charge in [-0.15, -0.1) is 0 Å². The Morgan fingerprint density at radius 1 is 0.438 bits per heavy atom. The summed E-state index contributed by atoms with van der Waals surface area (Å²) in [7, 11) is 0. The smallest absolute Gasteiger partial charge is 0.0541 e. The van der Waals surface area contributed by atoms with Crippen molar-refractivity contribution in [3.63, 3.8) is 0 Å². The van der Waals surface area contributed by atoms with E-state index < -0.39 is 0 Å². The highest BCUT2D eigenvalue weighted by Crippen LogP contribution is 2.35. The molecule has 0 N–H and O–H groups in total. The van der Waals surface area contributed by atoms with Gasteiger partial charge >= 0.3 is 0 Å². The monoisotopic (exact) mass is 473 g/mol. The fourth-order valence-electron chi connectivity index (χ4n) is 4.53. The van der Waals surface area contributed by atoms with Crippen LogP contribution >= 0.6 is 15.9 Å². The van der Waals surface area contributed by atoms with Gasteiger partial charge < -0.3 is 4.57 Å². The molecule has 0 bridgehead atoms. The van der Waals surface area contributed by atoms with Crippen molar-refractivity contribution in [2.24, 2.45) is 0 Å². The molecule has 0 aliphatic rings. The van der Waals surface area contributed by atoms with Crippen molar-refractivity contribution >= 4 is 37.7 Å². The second kappa shape index (κ2) is 7.81. The molecule has 0 spiro atoms. The molecule has 1 heterocycles. The van der Waals surface area contributed by atoms with E-state index in [1.54, 1.807) is 0 Å². The second-order valence-corrected chi connectivity index (χ2v) is 8.92. The average molecular weight is 474 g/mol. The minimum Gasteiger partial charge on any atom is -0.309 e. The first-order valence-electron chi connectivity index (χ1n) is 10.7. The van der Waals surface area contributed by atoms with Gasteiger partial charge in [-0.2, -0.15) is 0 Å². The number of benzene rings is 5. The van der Waals surface area contributed by atoms with Gasteiger partial charge in [0, 0.05) is 20.9 Å². The Kier molecular flexibility index (Phi) is 4.66. The summed E-state index contributed by atoms with van der Waals surface area (Å²) in [5.74, 6) is 0. The molecule has 0 amide bonds. The number of halogens is 1. The van der Waals surface area contributed by atoms with E-state index in [0.717, 1.165) is 4.47 Å². The Balaban J connectivity index is 1.48. The molecule has 5 aromatic carbocycles. The van der Waals surface area contributed by atoms with Gasteiger partial charge in [0.15, 0.2) is 0 Å². The number of rotatable bonds is 3. The highest BCUT2D eigenvalue weighted by Gasteiger charge is 2.12. The number of para-hydroxylation sites is 2. The summed E-state index contributed by atoms with van der Waals surface area (Å²) in [6.07, 6.45) is 0.